The van der Waals surface area contributed by atoms with E-state index < -0.39 is 11.7 Å². The van der Waals surface area contributed by atoms with Crippen LogP contribution in [0.2, 0.25) is 0 Å². The molecule has 5 rings (SSSR count). The number of rotatable bonds is 6. The van der Waals surface area contributed by atoms with Crippen molar-refractivity contribution in [3.8, 4) is 11.1 Å². The Hall–Kier alpha value is -3.64. The van der Waals surface area contributed by atoms with Gasteiger partial charge in [-0.05, 0) is 65.9 Å². The molecule has 0 aliphatic rings. The SMILES string of the molecule is Cc1ccc(CNc2cccc(-c3c(Cc4ccccc4)cnc4c(C(F)(F)F)cccc34)c2)s1. The zero-order valence-corrected chi connectivity index (χ0v) is 19.9. The fourth-order valence-corrected chi connectivity index (χ4v) is 5.17. The summed E-state index contributed by atoms with van der Waals surface area (Å²) in [4.78, 5) is 6.77. The van der Waals surface area contributed by atoms with Crippen LogP contribution in [0.25, 0.3) is 22.0 Å². The van der Waals surface area contributed by atoms with Crippen molar-refractivity contribution in [2.75, 3.05) is 5.32 Å². The van der Waals surface area contributed by atoms with E-state index in [0.717, 1.165) is 34.0 Å². The van der Waals surface area contributed by atoms with Gasteiger partial charge in [-0.25, -0.2) is 0 Å². The molecule has 2 aromatic heterocycles. The molecule has 1 N–H and O–H groups in total. The maximum Gasteiger partial charge on any atom is 0.418 e. The number of aryl methyl sites for hydroxylation is 1. The standard InChI is InChI=1S/C29H23F3N2S/c1-19-13-14-24(35-19)18-33-23-10-5-9-21(16-23)27-22(15-20-7-3-2-4-8-20)17-34-28-25(27)11-6-12-26(28)29(30,31)32/h2-14,16-17,33H,15,18H2,1H3. The van der Waals surface area contributed by atoms with Crippen molar-refractivity contribution in [3.05, 3.63) is 118 Å². The van der Waals surface area contributed by atoms with Gasteiger partial charge in [0.05, 0.1) is 11.1 Å². The fraction of sp³-hybridized carbons (Fsp3) is 0.138. The third-order valence-corrected chi connectivity index (χ3v) is 6.93. The van der Waals surface area contributed by atoms with Crippen LogP contribution in [-0.4, -0.2) is 4.98 Å². The molecule has 0 atom stereocenters. The van der Waals surface area contributed by atoms with E-state index in [-0.39, 0.29) is 5.52 Å². The lowest BCUT2D eigenvalue weighted by molar-refractivity contribution is -0.136. The van der Waals surface area contributed by atoms with E-state index in [1.54, 1.807) is 23.6 Å². The number of thiophene rings is 1. The smallest absolute Gasteiger partial charge is 0.380 e. The van der Waals surface area contributed by atoms with Crippen LogP contribution < -0.4 is 5.32 Å². The second-order valence-electron chi connectivity index (χ2n) is 8.47. The number of alkyl halides is 3. The van der Waals surface area contributed by atoms with Crippen molar-refractivity contribution in [3.63, 3.8) is 0 Å². The molecule has 0 amide bonds. The maximum absolute atomic E-state index is 13.8. The number of halogens is 3. The van der Waals surface area contributed by atoms with Gasteiger partial charge in [-0.1, -0.05) is 54.6 Å². The number of hydrogen-bond donors (Lipinski definition) is 1. The fourth-order valence-electron chi connectivity index (χ4n) is 4.34. The molecule has 176 valence electrons. The Morgan fingerprint density at radius 3 is 2.43 bits per heavy atom. The molecule has 3 aromatic carbocycles. The number of hydrogen-bond acceptors (Lipinski definition) is 3. The van der Waals surface area contributed by atoms with Gasteiger partial charge in [0.15, 0.2) is 0 Å². The van der Waals surface area contributed by atoms with E-state index in [1.165, 1.54) is 15.8 Å². The lowest BCUT2D eigenvalue weighted by Crippen LogP contribution is -2.07. The van der Waals surface area contributed by atoms with Crippen LogP contribution in [0.3, 0.4) is 0 Å². The van der Waals surface area contributed by atoms with Gasteiger partial charge in [0.1, 0.15) is 0 Å². The molecule has 6 heteroatoms. The Kier molecular flexibility index (Phi) is 6.31. The largest absolute Gasteiger partial charge is 0.418 e. The first-order valence-electron chi connectivity index (χ1n) is 11.3. The summed E-state index contributed by atoms with van der Waals surface area (Å²) < 4.78 is 41.3. The lowest BCUT2D eigenvalue weighted by Gasteiger charge is -2.17. The Labute approximate surface area is 206 Å². The van der Waals surface area contributed by atoms with Crippen molar-refractivity contribution in [1.82, 2.24) is 4.98 Å². The Morgan fingerprint density at radius 2 is 1.69 bits per heavy atom. The molecular weight excluding hydrogens is 465 g/mol. The van der Waals surface area contributed by atoms with Gasteiger partial charge in [-0.15, -0.1) is 11.3 Å². The molecule has 0 bridgehead atoms. The van der Waals surface area contributed by atoms with Gasteiger partial charge in [0.2, 0.25) is 0 Å². The van der Waals surface area contributed by atoms with Gasteiger partial charge in [0, 0.05) is 33.6 Å². The number of para-hydroxylation sites is 1. The van der Waals surface area contributed by atoms with Crippen LogP contribution in [0.1, 0.15) is 26.4 Å². The second-order valence-corrected chi connectivity index (χ2v) is 9.84. The van der Waals surface area contributed by atoms with Crippen LogP contribution >= 0.6 is 11.3 Å². The first kappa shape index (κ1) is 23.1. The summed E-state index contributed by atoms with van der Waals surface area (Å²) in [5, 5.41) is 3.95. The van der Waals surface area contributed by atoms with Gasteiger partial charge in [-0.3, -0.25) is 4.98 Å². The molecule has 2 heterocycles. The van der Waals surface area contributed by atoms with Gasteiger partial charge in [-0.2, -0.15) is 13.2 Å². The van der Waals surface area contributed by atoms with Crippen LogP contribution in [0.5, 0.6) is 0 Å². The van der Waals surface area contributed by atoms with Crippen molar-refractivity contribution in [1.29, 1.82) is 0 Å². The number of pyridine rings is 1. The Bertz CT molecular complexity index is 1470. The molecule has 0 fully saturated rings. The number of anilines is 1. The third kappa shape index (κ3) is 5.08. The molecule has 0 aliphatic carbocycles. The van der Waals surface area contributed by atoms with Gasteiger partial charge >= 0.3 is 6.18 Å². The quantitative estimate of drug-likeness (QED) is 0.259. The third-order valence-electron chi connectivity index (χ3n) is 5.93. The highest BCUT2D eigenvalue weighted by atomic mass is 32.1. The summed E-state index contributed by atoms with van der Waals surface area (Å²) in [5.41, 5.74) is 3.76. The average Bonchev–Trinajstić information content (AvgIpc) is 3.27. The summed E-state index contributed by atoms with van der Waals surface area (Å²) >= 11 is 1.74. The van der Waals surface area contributed by atoms with Crippen molar-refractivity contribution in [2.45, 2.75) is 26.1 Å². The molecular formula is C29H23F3N2S. The number of nitrogens with one attached hydrogen (secondary N) is 1. The first-order chi connectivity index (χ1) is 16.9. The molecule has 0 aliphatic heterocycles. The zero-order chi connectivity index (χ0) is 24.4. The number of benzene rings is 3. The highest BCUT2D eigenvalue weighted by molar-refractivity contribution is 7.11. The molecule has 35 heavy (non-hydrogen) atoms. The monoisotopic (exact) mass is 488 g/mol. The number of fused-ring (bicyclic) bond motifs is 1. The van der Waals surface area contributed by atoms with E-state index >= 15 is 0 Å². The predicted molar refractivity (Wildman–Crippen MR) is 138 cm³/mol. The van der Waals surface area contributed by atoms with Crippen LogP contribution in [0, 0.1) is 6.92 Å². The van der Waals surface area contributed by atoms with E-state index in [4.69, 9.17) is 0 Å². The summed E-state index contributed by atoms with van der Waals surface area (Å²) in [6.45, 7) is 2.76. The minimum absolute atomic E-state index is 0.0285. The van der Waals surface area contributed by atoms with E-state index in [1.807, 2.05) is 54.6 Å². The first-order valence-corrected chi connectivity index (χ1v) is 12.1. The van der Waals surface area contributed by atoms with Crippen molar-refractivity contribution < 1.29 is 13.2 Å². The van der Waals surface area contributed by atoms with Crippen LogP contribution in [0.15, 0.2) is 91.1 Å². The van der Waals surface area contributed by atoms with Gasteiger partial charge in [0.25, 0.3) is 0 Å². The van der Waals surface area contributed by atoms with Crippen LogP contribution in [0.4, 0.5) is 18.9 Å². The molecule has 2 nitrogen and oxygen atoms in total. The molecule has 0 saturated carbocycles. The molecule has 0 spiro atoms. The highest BCUT2D eigenvalue weighted by Gasteiger charge is 2.33. The summed E-state index contributed by atoms with van der Waals surface area (Å²) in [6.07, 6.45) is -2.32. The van der Waals surface area contributed by atoms with Gasteiger partial charge < -0.3 is 5.32 Å². The summed E-state index contributed by atoms with van der Waals surface area (Å²) in [7, 11) is 0. The van der Waals surface area contributed by atoms with Crippen molar-refractivity contribution in [2.24, 2.45) is 0 Å². The second kappa shape index (κ2) is 9.55. The summed E-state index contributed by atoms with van der Waals surface area (Å²) in [6, 6.07) is 26.2. The molecule has 0 radical (unpaired) electrons. The van der Waals surface area contributed by atoms with E-state index in [2.05, 4.69) is 29.4 Å². The molecule has 5 aromatic rings. The Balaban J connectivity index is 1.62. The minimum atomic E-state index is -4.48. The summed E-state index contributed by atoms with van der Waals surface area (Å²) in [5.74, 6) is 0. The van der Waals surface area contributed by atoms with Crippen molar-refractivity contribution >= 4 is 27.9 Å². The normalized spacial score (nSPS) is 11.7. The van der Waals surface area contributed by atoms with E-state index in [0.29, 0.717) is 18.4 Å². The number of nitrogens with zero attached hydrogens (tertiary/aromatic N) is 1. The average molecular weight is 489 g/mol. The molecule has 0 unspecified atom stereocenters. The Morgan fingerprint density at radius 1 is 0.886 bits per heavy atom. The zero-order valence-electron chi connectivity index (χ0n) is 19.1. The maximum atomic E-state index is 13.8. The predicted octanol–water partition coefficient (Wildman–Crippen LogP) is 8.49. The molecule has 0 saturated heterocycles. The minimum Gasteiger partial charge on any atom is -0.380 e. The van der Waals surface area contributed by atoms with Crippen LogP contribution in [-0.2, 0) is 19.1 Å². The number of aromatic nitrogens is 1. The topological polar surface area (TPSA) is 24.9 Å². The highest BCUT2D eigenvalue weighted by Crippen LogP contribution is 2.39. The lowest BCUT2D eigenvalue weighted by atomic mass is 9.91. The van der Waals surface area contributed by atoms with E-state index in [9.17, 15) is 13.2 Å².